The quantitative estimate of drug-likeness (QED) is 0.523. The number of carbonyl (C=O) groups excluding carboxylic acids is 4. The first-order valence-corrected chi connectivity index (χ1v) is 9.13. The third kappa shape index (κ3) is 7.16. The Balaban J connectivity index is 2.85. The Hall–Kier alpha value is -2.77. The van der Waals surface area contributed by atoms with Crippen LogP contribution in [-0.4, -0.2) is 47.1 Å². The van der Waals surface area contributed by atoms with Crippen LogP contribution in [0.1, 0.15) is 50.9 Å². The molecule has 148 valence electrons. The highest BCUT2D eigenvalue weighted by Gasteiger charge is 2.29. The molecule has 1 heterocycles. The van der Waals surface area contributed by atoms with Gasteiger partial charge in [0, 0.05) is 18.9 Å². The predicted molar refractivity (Wildman–Crippen MR) is 101 cm³/mol. The molecule has 0 aliphatic heterocycles. The van der Waals surface area contributed by atoms with Crippen molar-refractivity contribution in [2.75, 3.05) is 6.54 Å². The van der Waals surface area contributed by atoms with Gasteiger partial charge in [-0.2, -0.15) is 0 Å². The third-order valence-electron chi connectivity index (χ3n) is 3.86. The monoisotopic (exact) mass is 376 g/mol. The van der Waals surface area contributed by atoms with Crippen LogP contribution < -0.4 is 16.0 Å². The molecule has 3 amide bonds. The standard InChI is InChI=1S/C19H28N4O4/c1-5-14(16(24)19(27)21-6-2)22-18(26)15(10-12(3)4)23-17(25)13-8-7-9-20-11-13/h7-9,11-12,14-15H,5-6,10H2,1-4H3,(H,21,27)(H,22,26)(H,23,25)/t14?,15-/m0/s1. The van der Waals surface area contributed by atoms with Gasteiger partial charge in [0.2, 0.25) is 11.7 Å². The number of pyridine rings is 1. The van der Waals surface area contributed by atoms with Gasteiger partial charge < -0.3 is 16.0 Å². The highest BCUT2D eigenvalue weighted by atomic mass is 16.2. The van der Waals surface area contributed by atoms with Gasteiger partial charge in [0.25, 0.3) is 11.8 Å². The van der Waals surface area contributed by atoms with Gasteiger partial charge in [-0.1, -0.05) is 20.8 Å². The maximum atomic E-state index is 12.7. The zero-order valence-corrected chi connectivity index (χ0v) is 16.2. The topological polar surface area (TPSA) is 117 Å². The first-order valence-electron chi connectivity index (χ1n) is 9.13. The van der Waals surface area contributed by atoms with Crippen LogP contribution in [0.4, 0.5) is 0 Å². The number of Topliss-reactive ketones (excluding diaryl/α,β-unsaturated/α-hetero) is 1. The Labute approximate surface area is 159 Å². The number of carbonyl (C=O) groups is 4. The molecule has 8 nitrogen and oxygen atoms in total. The molecule has 1 rings (SSSR count). The molecule has 0 bridgehead atoms. The number of nitrogens with one attached hydrogen (secondary N) is 3. The third-order valence-corrected chi connectivity index (χ3v) is 3.86. The molecule has 3 N–H and O–H groups in total. The molecule has 0 aromatic carbocycles. The van der Waals surface area contributed by atoms with Crippen molar-refractivity contribution < 1.29 is 19.2 Å². The second kappa shape index (κ2) is 11.1. The van der Waals surface area contributed by atoms with Gasteiger partial charge in [-0.05, 0) is 37.8 Å². The number of amides is 3. The lowest BCUT2D eigenvalue weighted by atomic mass is 10.0. The molecule has 0 aliphatic rings. The normalized spacial score (nSPS) is 12.8. The first kappa shape index (κ1) is 22.3. The lowest BCUT2D eigenvalue weighted by Crippen LogP contribution is -2.54. The van der Waals surface area contributed by atoms with Crippen molar-refractivity contribution in [3.63, 3.8) is 0 Å². The van der Waals surface area contributed by atoms with Crippen LogP contribution in [-0.2, 0) is 14.4 Å². The van der Waals surface area contributed by atoms with Crippen molar-refractivity contribution in [3.8, 4) is 0 Å². The van der Waals surface area contributed by atoms with Gasteiger partial charge in [-0.15, -0.1) is 0 Å². The summed E-state index contributed by atoms with van der Waals surface area (Å²) in [6.07, 6.45) is 3.62. The number of aromatic nitrogens is 1. The Morgan fingerprint density at radius 1 is 1.07 bits per heavy atom. The summed E-state index contributed by atoms with van der Waals surface area (Å²) in [4.78, 5) is 52.8. The molecular formula is C19H28N4O4. The zero-order valence-electron chi connectivity index (χ0n) is 16.2. The second-order valence-electron chi connectivity index (χ2n) is 6.59. The molecule has 0 saturated carbocycles. The molecule has 0 saturated heterocycles. The lowest BCUT2D eigenvalue weighted by molar-refractivity contribution is -0.140. The number of nitrogens with zero attached hydrogens (tertiary/aromatic N) is 1. The Kier molecular flexibility index (Phi) is 9.12. The summed E-state index contributed by atoms with van der Waals surface area (Å²) in [5.41, 5.74) is 0.337. The van der Waals surface area contributed by atoms with E-state index in [0.717, 1.165) is 0 Å². The molecule has 8 heteroatoms. The minimum Gasteiger partial charge on any atom is -0.350 e. The van der Waals surface area contributed by atoms with Crippen LogP contribution in [0, 0.1) is 5.92 Å². The van der Waals surface area contributed by atoms with Crippen LogP contribution in [0.15, 0.2) is 24.5 Å². The molecular weight excluding hydrogens is 348 g/mol. The van der Waals surface area contributed by atoms with E-state index in [2.05, 4.69) is 20.9 Å². The first-order chi connectivity index (χ1) is 12.8. The van der Waals surface area contributed by atoms with Gasteiger partial charge in [0.1, 0.15) is 6.04 Å². The zero-order chi connectivity index (χ0) is 20.4. The van der Waals surface area contributed by atoms with Crippen molar-refractivity contribution in [1.82, 2.24) is 20.9 Å². The van der Waals surface area contributed by atoms with Crippen molar-refractivity contribution in [1.29, 1.82) is 0 Å². The molecule has 27 heavy (non-hydrogen) atoms. The average Bonchev–Trinajstić information content (AvgIpc) is 2.65. The molecule has 2 atom stereocenters. The highest BCUT2D eigenvalue weighted by molar-refractivity contribution is 6.38. The van der Waals surface area contributed by atoms with Gasteiger partial charge in [-0.25, -0.2) is 0 Å². The number of hydrogen-bond acceptors (Lipinski definition) is 5. The lowest BCUT2D eigenvalue weighted by Gasteiger charge is -2.23. The summed E-state index contributed by atoms with van der Waals surface area (Å²) in [6, 6.07) is 1.47. The van der Waals surface area contributed by atoms with E-state index in [-0.39, 0.29) is 12.3 Å². The molecule has 0 aliphatic carbocycles. The van der Waals surface area contributed by atoms with E-state index in [1.807, 2.05) is 13.8 Å². The summed E-state index contributed by atoms with van der Waals surface area (Å²) in [7, 11) is 0. The summed E-state index contributed by atoms with van der Waals surface area (Å²) in [5.74, 6) is -2.22. The predicted octanol–water partition coefficient (Wildman–Crippen LogP) is 0.826. The van der Waals surface area contributed by atoms with Crippen molar-refractivity contribution >= 4 is 23.5 Å². The number of rotatable bonds is 10. The second-order valence-corrected chi connectivity index (χ2v) is 6.59. The van der Waals surface area contributed by atoms with Crippen LogP contribution in [0.5, 0.6) is 0 Å². The van der Waals surface area contributed by atoms with E-state index in [9.17, 15) is 19.2 Å². The van der Waals surface area contributed by atoms with E-state index in [1.165, 1.54) is 6.20 Å². The van der Waals surface area contributed by atoms with Crippen LogP contribution in [0.25, 0.3) is 0 Å². The molecule has 0 radical (unpaired) electrons. The smallest absolute Gasteiger partial charge is 0.289 e. The fraction of sp³-hybridized carbons (Fsp3) is 0.526. The van der Waals surface area contributed by atoms with Crippen LogP contribution in [0.2, 0.25) is 0 Å². The Bertz CT molecular complexity index is 661. The van der Waals surface area contributed by atoms with Crippen molar-refractivity contribution in [2.24, 2.45) is 5.92 Å². The van der Waals surface area contributed by atoms with Crippen LogP contribution >= 0.6 is 0 Å². The molecule has 0 fully saturated rings. The molecule has 1 unspecified atom stereocenters. The van der Waals surface area contributed by atoms with E-state index in [4.69, 9.17) is 0 Å². The molecule has 1 aromatic rings. The van der Waals surface area contributed by atoms with E-state index < -0.39 is 35.6 Å². The number of likely N-dealkylation sites (N-methyl/N-ethyl adjacent to an activating group) is 1. The maximum Gasteiger partial charge on any atom is 0.289 e. The number of hydrogen-bond donors (Lipinski definition) is 3. The van der Waals surface area contributed by atoms with Crippen molar-refractivity contribution in [2.45, 2.75) is 52.6 Å². The Morgan fingerprint density at radius 2 is 1.78 bits per heavy atom. The summed E-state index contributed by atoms with van der Waals surface area (Å²) in [6.45, 7) is 7.58. The summed E-state index contributed by atoms with van der Waals surface area (Å²) < 4.78 is 0. The molecule has 0 spiro atoms. The molecule has 1 aromatic heterocycles. The van der Waals surface area contributed by atoms with Gasteiger partial charge >= 0.3 is 0 Å². The summed E-state index contributed by atoms with van der Waals surface area (Å²) in [5, 5.41) is 7.70. The fourth-order valence-electron chi connectivity index (χ4n) is 2.47. The minimum absolute atomic E-state index is 0.133. The minimum atomic E-state index is -0.936. The van der Waals surface area contributed by atoms with E-state index in [0.29, 0.717) is 18.5 Å². The summed E-state index contributed by atoms with van der Waals surface area (Å²) >= 11 is 0. The maximum absolute atomic E-state index is 12.7. The Morgan fingerprint density at radius 3 is 2.30 bits per heavy atom. The van der Waals surface area contributed by atoms with Crippen LogP contribution in [0.3, 0.4) is 0 Å². The van der Waals surface area contributed by atoms with Gasteiger partial charge in [0.15, 0.2) is 0 Å². The van der Waals surface area contributed by atoms with Crippen molar-refractivity contribution in [3.05, 3.63) is 30.1 Å². The SMILES string of the molecule is CCNC(=O)C(=O)C(CC)NC(=O)[C@H](CC(C)C)NC(=O)c1cccnc1. The van der Waals surface area contributed by atoms with E-state index in [1.54, 1.807) is 32.2 Å². The van der Waals surface area contributed by atoms with Gasteiger partial charge in [-0.3, -0.25) is 24.2 Å². The fourth-order valence-corrected chi connectivity index (χ4v) is 2.47. The average molecular weight is 376 g/mol. The van der Waals surface area contributed by atoms with Gasteiger partial charge in [0.05, 0.1) is 11.6 Å². The largest absolute Gasteiger partial charge is 0.350 e. The van der Waals surface area contributed by atoms with E-state index >= 15 is 0 Å². The highest BCUT2D eigenvalue weighted by Crippen LogP contribution is 2.08. The number of ketones is 1.